The summed E-state index contributed by atoms with van der Waals surface area (Å²) in [6, 6.07) is 0.297. The minimum absolute atomic E-state index is 0.156. The van der Waals surface area contributed by atoms with E-state index < -0.39 is 11.6 Å². The highest BCUT2D eigenvalue weighted by Crippen LogP contribution is 2.10. The predicted molar refractivity (Wildman–Crippen MR) is 55.3 cm³/mol. The SMILES string of the molecule is CCCC(C)N(C)CC(C)(O)C(=O)O. The maximum atomic E-state index is 10.7. The Labute approximate surface area is 85.5 Å². The van der Waals surface area contributed by atoms with Crippen LogP contribution in [0.1, 0.15) is 33.6 Å². The summed E-state index contributed by atoms with van der Waals surface area (Å²) in [7, 11) is 1.83. The molecule has 0 radical (unpaired) electrons. The summed E-state index contributed by atoms with van der Waals surface area (Å²) in [5, 5.41) is 18.3. The van der Waals surface area contributed by atoms with Gasteiger partial charge in [0.1, 0.15) is 0 Å². The zero-order valence-electron chi connectivity index (χ0n) is 9.45. The zero-order chi connectivity index (χ0) is 11.4. The fraction of sp³-hybridized carbons (Fsp3) is 0.900. The molecular weight excluding hydrogens is 182 g/mol. The van der Waals surface area contributed by atoms with E-state index in [-0.39, 0.29) is 6.54 Å². The summed E-state index contributed by atoms with van der Waals surface area (Å²) in [5.74, 6) is -1.17. The molecule has 0 aliphatic heterocycles. The van der Waals surface area contributed by atoms with Crippen LogP contribution in [0.2, 0.25) is 0 Å². The lowest BCUT2D eigenvalue weighted by Crippen LogP contribution is -2.47. The molecule has 0 spiro atoms. The van der Waals surface area contributed by atoms with Crippen molar-refractivity contribution in [2.45, 2.75) is 45.3 Å². The first-order chi connectivity index (χ1) is 6.31. The molecule has 0 saturated carbocycles. The van der Waals surface area contributed by atoms with Crippen LogP contribution >= 0.6 is 0 Å². The zero-order valence-corrected chi connectivity index (χ0v) is 9.45. The number of carbonyl (C=O) groups is 1. The van der Waals surface area contributed by atoms with E-state index in [1.54, 1.807) is 0 Å². The Hall–Kier alpha value is -0.610. The van der Waals surface area contributed by atoms with Gasteiger partial charge < -0.3 is 15.1 Å². The molecule has 0 saturated heterocycles. The minimum Gasteiger partial charge on any atom is -0.479 e. The Morgan fingerprint density at radius 3 is 2.43 bits per heavy atom. The van der Waals surface area contributed by atoms with Crippen molar-refractivity contribution in [3.05, 3.63) is 0 Å². The second-order valence-electron chi connectivity index (χ2n) is 4.13. The monoisotopic (exact) mass is 203 g/mol. The maximum Gasteiger partial charge on any atom is 0.336 e. The molecule has 2 N–H and O–H groups in total. The lowest BCUT2D eigenvalue weighted by Gasteiger charge is -2.30. The largest absolute Gasteiger partial charge is 0.479 e. The highest BCUT2D eigenvalue weighted by molar-refractivity contribution is 5.76. The van der Waals surface area contributed by atoms with E-state index in [9.17, 15) is 9.90 Å². The molecule has 0 aromatic carbocycles. The van der Waals surface area contributed by atoms with Gasteiger partial charge in [0.15, 0.2) is 5.60 Å². The van der Waals surface area contributed by atoms with Crippen molar-refractivity contribution in [2.24, 2.45) is 0 Å². The topological polar surface area (TPSA) is 60.8 Å². The molecule has 0 heterocycles. The molecule has 0 rings (SSSR count). The van der Waals surface area contributed by atoms with Gasteiger partial charge in [-0.2, -0.15) is 0 Å². The molecule has 0 bridgehead atoms. The van der Waals surface area contributed by atoms with Gasteiger partial charge in [-0.25, -0.2) is 4.79 Å². The van der Waals surface area contributed by atoms with E-state index in [4.69, 9.17) is 5.11 Å². The van der Waals surface area contributed by atoms with Crippen molar-refractivity contribution in [1.29, 1.82) is 0 Å². The third-order valence-corrected chi connectivity index (χ3v) is 2.48. The third-order valence-electron chi connectivity index (χ3n) is 2.48. The molecule has 2 unspecified atom stereocenters. The molecule has 0 aromatic rings. The van der Waals surface area contributed by atoms with Gasteiger partial charge in [0, 0.05) is 12.6 Å². The molecule has 0 aliphatic rings. The van der Waals surface area contributed by atoms with Gasteiger partial charge in [0.05, 0.1) is 0 Å². The molecule has 4 heteroatoms. The maximum absolute atomic E-state index is 10.7. The Balaban J connectivity index is 4.16. The van der Waals surface area contributed by atoms with Gasteiger partial charge in [-0.1, -0.05) is 13.3 Å². The van der Waals surface area contributed by atoms with Crippen LogP contribution in [0.4, 0.5) is 0 Å². The molecule has 4 nitrogen and oxygen atoms in total. The molecule has 0 amide bonds. The number of hydrogen-bond donors (Lipinski definition) is 2. The standard InChI is InChI=1S/C10H21NO3/c1-5-6-8(2)11(4)7-10(3,14)9(12)13/h8,14H,5-7H2,1-4H3,(H,12,13). The van der Waals surface area contributed by atoms with Crippen LogP contribution in [-0.2, 0) is 4.79 Å². The number of aliphatic hydroxyl groups is 1. The van der Waals surface area contributed by atoms with Gasteiger partial charge in [-0.3, -0.25) is 0 Å². The van der Waals surface area contributed by atoms with E-state index in [0.29, 0.717) is 6.04 Å². The quantitative estimate of drug-likeness (QED) is 0.674. The van der Waals surface area contributed by atoms with Crippen LogP contribution in [0.3, 0.4) is 0 Å². The van der Waals surface area contributed by atoms with Gasteiger partial charge in [0.2, 0.25) is 0 Å². The van der Waals surface area contributed by atoms with Crippen molar-refractivity contribution in [3.63, 3.8) is 0 Å². The third kappa shape index (κ3) is 4.07. The Morgan fingerprint density at radius 2 is 2.07 bits per heavy atom. The van der Waals surface area contributed by atoms with Crippen molar-refractivity contribution in [1.82, 2.24) is 4.90 Å². The number of carboxylic acids is 1. The van der Waals surface area contributed by atoms with E-state index >= 15 is 0 Å². The molecule has 0 fully saturated rings. The molecular formula is C10H21NO3. The van der Waals surface area contributed by atoms with Crippen LogP contribution in [0, 0.1) is 0 Å². The highest BCUT2D eigenvalue weighted by Gasteiger charge is 2.32. The summed E-state index contributed by atoms with van der Waals surface area (Å²) >= 11 is 0. The number of carboxylic acid groups (broad SMARTS) is 1. The predicted octanol–water partition coefficient (Wildman–Crippen LogP) is 0.942. The van der Waals surface area contributed by atoms with Crippen molar-refractivity contribution in [3.8, 4) is 0 Å². The molecule has 84 valence electrons. The minimum atomic E-state index is -1.66. The normalized spacial score (nSPS) is 17.9. The van der Waals surface area contributed by atoms with Crippen LogP contribution < -0.4 is 0 Å². The number of nitrogens with zero attached hydrogens (tertiary/aromatic N) is 1. The summed E-state index contributed by atoms with van der Waals surface area (Å²) in [5.41, 5.74) is -1.66. The van der Waals surface area contributed by atoms with E-state index in [0.717, 1.165) is 12.8 Å². The summed E-state index contributed by atoms with van der Waals surface area (Å²) in [6.45, 7) is 5.59. The smallest absolute Gasteiger partial charge is 0.336 e. The number of rotatable bonds is 6. The van der Waals surface area contributed by atoms with Crippen molar-refractivity contribution in [2.75, 3.05) is 13.6 Å². The van der Waals surface area contributed by atoms with Crippen LogP contribution in [0.25, 0.3) is 0 Å². The first-order valence-electron chi connectivity index (χ1n) is 4.97. The fourth-order valence-electron chi connectivity index (χ4n) is 1.35. The Kier molecular flexibility index (Phi) is 5.08. The number of likely N-dealkylation sites (N-methyl/N-ethyl adjacent to an activating group) is 1. The molecule has 2 atom stereocenters. The average molecular weight is 203 g/mol. The van der Waals surface area contributed by atoms with Gasteiger partial charge in [0.25, 0.3) is 0 Å². The highest BCUT2D eigenvalue weighted by atomic mass is 16.4. The van der Waals surface area contributed by atoms with Crippen LogP contribution in [0.15, 0.2) is 0 Å². The second kappa shape index (κ2) is 5.32. The van der Waals surface area contributed by atoms with E-state index in [1.165, 1.54) is 6.92 Å². The Morgan fingerprint density at radius 1 is 1.57 bits per heavy atom. The van der Waals surface area contributed by atoms with E-state index in [1.807, 2.05) is 18.9 Å². The summed E-state index contributed by atoms with van der Waals surface area (Å²) in [6.07, 6.45) is 2.06. The molecule has 0 aromatic heterocycles. The molecule has 14 heavy (non-hydrogen) atoms. The van der Waals surface area contributed by atoms with Crippen molar-refractivity contribution < 1.29 is 15.0 Å². The number of aliphatic carboxylic acids is 1. The first kappa shape index (κ1) is 13.4. The molecule has 0 aliphatic carbocycles. The Bertz CT molecular complexity index is 192. The van der Waals surface area contributed by atoms with Gasteiger partial charge in [-0.15, -0.1) is 0 Å². The van der Waals surface area contributed by atoms with Gasteiger partial charge >= 0.3 is 5.97 Å². The van der Waals surface area contributed by atoms with Crippen molar-refractivity contribution >= 4 is 5.97 Å². The van der Waals surface area contributed by atoms with Crippen LogP contribution in [0.5, 0.6) is 0 Å². The van der Waals surface area contributed by atoms with E-state index in [2.05, 4.69) is 6.92 Å². The fourth-order valence-corrected chi connectivity index (χ4v) is 1.35. The lowest BCUT2D eigenvalue weighted by atomic mass is 10.1. The summed E-state index contributed by atoms with van der Waals surface area (Å²) in [4.78, 5) is 12.5. The second-order valence-corrected chi connectivity index (χ2v) is 4.13. The number of hydrogen-bond acceptors (Lipinski definition) is 3. The summed E-state index contributed by atoms with van der Waals surface area (Å²) < 4.78 is 0. The lowest BCUT2D eigenvalue weighted by molar-refractivity contribution is -0.158. The first-order valence-corrected chi connectivity index (χ1v) is 4.97. The average Bonchev–Trinajstić information content (AvgIpc) is 2.03. The van der Waals surface area contributed by atoms with Gasteiger partial charge in [-0.05, 0) is 27.3 Å². The van der Waals surface area contributed by atoms with Crippen LogP contribution in [-0.4, -0.2) is 46.3 Å².